The number of aryl methyl sites for hydroxylation is 1. The standard InChI is InChI=1S/C29H34N4O4/c1-17-11-22(25(34)24-21(17)8-6-10-31-24)23(18-7-5-9-30-16-18)33-26(35)19-12-29(13-19)14-20(15-29)32-27(36)37-28(2,3)4/h5-11,16,19-20,23,34H,12-15H2,1-4H3,(H,32,36)(H,33,35). The molecule has 0 radical (unpaired) electrons. The van der Waals surface area contributed by atoms with Crippen molar-refractivity contribution in [3.05, 3.63) is 65.6 Å². The molecule has 2 heterocycles. The van der Waals surface area contributed by atoms with Crippen molar-refractivity contribution in [2.45, 2.75) is 71.1 Å². The minimum atomic E-state index is -0.550. The molecule has 2 amide bonds. The average molecular weight is 503 g/mol. The Balaban J connectivity index is 1.27. The highest BCUT2D eigenvalue weighted by molar-refractivity contribution is 5.89. The van der Waals surface area contributed by atoms with Gasteiger partial charge in [0.15, 0.2) is 0 Å². The molecule has 3 N–H and O–H groups in total. The van der Waals surface area contributed by atoms with Gasteiger partial charge in [0.2, 0.25) is 5.91 Å². The van der Waals surface area contributed by atoms with Gasteiger partial charge >= 0.3 is 6.09 Å². The van der Waals surface area contributed by atoms with Gasteiger partial charge in [0.1, 0.15) is 16.9 Å². The van der Waals surface area contributed by atoms with Crippen molar-refractivity contribution in [1.82, 2.24) is 20.6 Å². The lowest BCUT2D eigenvalue weighted by molar-refractivity contribution is -0.139. The summed E-state index contributed by atoms with van der Waals surface area (Å²) in [5, 5.41) is 18.1. The summed E-state index contributed by atoms with van der Waals surface area (Å²) in [6.45, 7) is 7.51. The number of hydrogen-bond donors (Lipinski definition) is 3. The molecule has 1 unspecified atom stereocenters. The van der Waals surface area contributed by atoms with Crippen molar-refractivity contribution in [3.8, 4) is 5.75 Å². The molecule has 8 nitrogen and oxygen atoms in total. The maximum absolute atomic E-state index is 13.4. The first-order valence-electron chi connectivity index (χ1n) is 12.8. The zero-order valence-corrected chi connectivity index (χ0v) is 21.7. The van der Waals surface area contributed by atoms with E-state index >= 15 is 0 Å². The molecule has 2 fully saturated rings. The Morgan fingerprint density at radius 2 is 1.86 bits per heavy atom. The highest BCUT2D eigenvalue weighted by atomic mass is 16.6. The number of aromatic hydroxyl groups is 1. The third kappa shape index (κ3) is 5.10. The van der Waals surface area contributed by atoms with Crippen molar-refractivity contribution in [1.29, 1.82) is 0 Å². The van der Waals surface area contributed by atoms with Crippen LogP contribution in [0.5, 0.6) is 5.75 Å². The van der Waals surface area contributed by atoms with Crippen LogP contribution in [-0.2, 0) is 9.53 Å². The van der Waals surface area contributed by atoms with Crippen molar-refractivity contribution in [2.75, 3.05) is 0 Å². The smallest absolute Gasteiger partial charge is 0.407 e. The van der Waals surface area contributed by atoms with Crippen LogP contribution in [-0.4, -0.2) is 38.7 Å². The number of phenolic OH excluding ortho intramolecular Hbond substituents is 1. The highest BCUT2D eigenvalue weighted by Gasteiger charge is 2.55. The quantitative estimate of drug-likeness (QED) is 0.456. The van der Waals surface area contributed by atoms with Gasteiger partial charge in [-0.2, -0.15) is 0 Å². The second-order valence-electron chi connectivity index (χ2n) is 11.6. The number of carbonyl (C=O) groups is 2. The molecule has 0 aliphatic heterocycles. The van der Waals surface area contributed by atoms with Gasteiger partial charge in [0.05, 0.1) is 6.04 Å². The largest absolute Gasteiger partial charge is 0.505 e. The molecule has 2 saturated carbocycles. The predicted molar refractivity (Wildman–Crippen MR) is 140 cm³/mol. The number of alkyl carbamates (subject to hydrolysis) is 1. The van der Waals surface area contributed by atoms with E-state index in [9.17, 15) is 14.7 Å². The number of ether oxygens (including phenoxy) is 1. The summed E-state index contributed by atoms with van der Waals surface area (Å²) < 4.78 is 5.35. The zero-order chi connectivity index (χ0) is 26.4. The molecule has 3 aromatic rings. The molecule has 194 valence electrons. The fraction of sp³-hybridized carbons (Fsp3) is 0.448. The molecular weight excluding hydrogens is 468 g/mol. The molecule has 1 spiro atoms. The van der Waals surface area contributed by atoms with E-state index in [1.54, 1.807) is 18.6 Å². The monoisotopic (exact) mass is 502 g/mol. The second kappa shape index (κ2) is 9.32. The Hall–Kier alpha value is -3.68. The Bertz CT molecular complexity index is 1320. The van der Waals surface area contributed by atoms with Crippen LogP contribution in [0.3, 0.4) is 0 Å². The summed E-state index contributed by atoms with van der Waals surface area (Å²) in [5.41, 5.74) is 2.46. The van der Waals surface area contributed by atoms with Crippen LogP contribution in [0.1, 0.15) is 69.2 Å². The summed E-state index contributed by atoms with van der Waals surface area (Å²) in [6, 6.07) is 8.95. The summed E-state index contributed by atoms with van der Waals surface area (Å²) in [4.78, 5) is 34.0. The van der Waals surface area contributed by atoms with Gasteiger partial charge in [-0.3, -0.25) is 14.8 Å². The molecule has 1 atom stereocenters. The fourth-order valence-corrected chi connectivity index (χ4v) is 5.86. The molecule has 37 heavy (non-hydrogen) atoms. The Morgan fingerprint density at radius 1 is 1.14 bits per heavy atom. The lowest BCUT2D eigenvalue weighted by Crippen LogP contribution is -2.58. The van der Waals surface area contributed by atoms with Crippen molar-refractivity contribution >= 4 is 22.9 Å². The van der Waals surface area contributed by atoms with Gasteiger partial charge in [0.25, 0.3) is 0 Å². The van der Waals surface area contributed by atoms with E-state index < -0.39 is 11.6 Å². The first-order chi connectivity index (χ1) is 17.5. The summed E-state index contributed by atoms with van der Waals surface area (Å²) >= 11 is 0. The summed E-state index contributed by atoms with van der Waals surface area (Å²) in [7, 11) is 0. The van der Waals surface area contributed by atoms with Crippen LogP contribution in [0.4, 0.5) is 4.79 Å². The lowest BCUT2D eigenvalue weighted by Gasteiger charge is -2.57. The third-order valence-corrected chi connectivity index (χ3v) is 7.53. The second-order valence-corrected chi connectivity index (χ2v) is 11.6. The van der Waals surface area contributed by atoms with E-state index in [-0.39, 0.29) is 35.1 Å². The number of phenols is 1. The summed E-state index contributed by atoms with van der Waals surface area (Å²) in [5.74, 6) is -0.0832. The Labute approximate surface area is 216 Å². The third-order valence-electron chi connectivity index (χ3n) is 7.53. The minimum absolute atomic E-state index is 0.0406. The number of hydrogen-bond acceptors (Lipinski definition) is 6. The van der Waals surface area contributed by atoms with Crippen LogP contribution in [0, 0.1) is 18.3 Å². The number of fused-ring (bicyclic) bond motifs is 1. The first-order valence-corrected chi connectivity index (χ1v) is 12.8. The zero-order valence-electron chi connectivity index (χ0n) is 21.7. The number of nitrogens with zero attached hydrogens (tertiary/aromatic N) is 2. The highest BCUT2D eigenvalue weighted by Crippen LogP contribution is 2.59. The Kier molecular flexibility index (Phi) is 6.30. The number of rotatable bonds is 5. The number of amides is 2. The molecular formula is C29H34N4O4. The first kappa shape index (κ1) is 25.0. The lowest BCUT2D eigenvalue weighted by atomic mass is 9.50. The van der Waals surface area contributed by atoms with E-state index in [0.29, 0.717) is 11.1 Å². The van der Waals surface area contributed by atoms with Gasteiger partial charge in [-0.15, -0.1) is 0 Å². The molecule has 0 saturated heterocycles. The number of pyridine rings is 2. The van der Waals surface area contributed by atoms with Gasteiger partial charge in [0, 0.05) is 41.5 Å². The minimum Gasteiger partial charge on any atom is -0.505 e. The van der Waals surface area contributed by atoms with Crippen LogP contribution in [0.15, 0.2) is 48.9 Å². The molecule has 2 aliphatic rings. The molecule has 0 bridgehead atoms. The fourth-order valence-electron chi connectivity index (χ4n) is 5.86. The topological polar surface area (TPSA) is 113 Å². The maximum Gasteiger partial charge on any atom is 0.407 e. The van der Waals surface area contributed by atoms with Gasteiger partial charge in [-0.05, 0) is 88.1 Å². The van der Waals surface area contributed by atoms with E-state index in [0.717, 1.165) is 42.2 Å². The van der Waals surface area contributed by atoms with Gasteiger partial charge in [-0.25, -0.2) is 4.79 Å². The van der Waals surface area contributed by atoms with Crippen molar-refractivity contribution < 1.29 is 19.4 Å². The molecule has 1 aromatic carbocycles. The number of nitrogens with one attached hydrogen (secondary N) is 2. The average Bonchev–Trinajstić information content (AvgIpc) is 2.80. The SMILES string of the molecule is Cc1cc(C(NC(=O)C2CC3(CC(NC(=O)OC(C)(C)C)C3)C2)c2cccnc2)c(O)c2ncccc12. The molecule has 2 aliphatic carbocycles. The maximum atomic E-state index is 13.4. The van der Waals surface area contributed by atoms with Crippen molar-refractivity contribution in [3.63, 3.8) is 0 Å². The van der Waals surface area contributed by atoms with Gasteiger partial charge in [-0.1, -0.05) is 12.1 Å². The number of carbonyl (C=O) groups excluding carboxylic acids is 2. The van der Waals surface area contributed by atoms with E-state index in [2.05, 4.69) is 20.6 Å². The van der Waals surface area contributed by atoms with Crippen molar-refractivity contribution in [2.24, 2.45) is 11.3 Å². The Morgan fingerprint density at radius 3 is 2.54 bits per heavy atom. The van der Waals surface area contributed by atoms with E-state index in [1.165, 1.54) is 0 Å². The van der Waals surface area contributed by atoms with Crippen LogP contribution in [0.2, 0.25) is 0 Å². The van der Waals surface area contributed by atoms with Crippen LogP contribution in [0.25, 0.3) is 10.9 Å². The molecule has 5 rings (SSSR count). The molecule has 8 heteroatoms. The number of benzene rings is 1. The van der Waals surface area contributed by atoms with E-state index in [4.69, 9.17) is 4.74 Å². The normalized spacial score (nSPS) is 23.6. The van der Waals surface area contributed by atoms with Gasteiger partial charge < -0.3 is 20.5 Å². The predicted octanol–water partition coefficient (Wildman–Crippen LogP) is 4.93. The molecule has 2 aromatic heterocycles. The number of aromatic nitrogens is 2. The van der Waals surface area contributed by atoms with E-state index in [1.807, 2.05) is 58.0 Å². The van der Waals surface area contributed by atoms with Crippen LogP contribution < -0.4 is 10.6 Å². The summed E-state index contributed by atoms with van der Waals surface area (Å²) in [6.07, 6.45) is 7.95. The van der Waals surface area contributed by atoms with Crippen LogP contribution >= 0.6 is 0 Å².